The molecule has 6 nitrogen and oxygen atoms in total. The molecule has 1 atom stereocenters. The van der Waals surface area contributed by atoms with Crippen molar-refractivity contribution in [2.45, 2.75) is 24.7 Å². The molecule has 0 aliphatic carbocycles. The molecule has 2 aromatic rings. The highest BCUT2D eigenvalue weighted by molar-refractivity contribution is 7.99. The Morgan fingerprint density at radius 3 is 2.95 bits per heavy atom. The van der Waals surface area contributed by atoms with Crippen LogP contribution in [-0.4, -0.2) is 25.6 Å². The number of nitrogens with two attached hydrogens (primary N) is 1. The third-order valence-electron chi connectivity index (χ3n) is 2.76. The number of aliphatic hydroxyl groups excluding tert-OH is 1. The number of aromatic nitrogens is 3. The lowest BCUT2D eigenvalue weighted by Gasteiger charge is -2.12. The molecular weight excluding hydrogens is 264 g/mol. The molecule has 7 heteroatoms. The van der Waals surface area contributed by atoms with Crippen LogP contribution in [0.4, 0.5) is 5.69 Å². The zero-order valence-electron chi connectivity index (χ0n) is 10.5. The number of nitrogen functional groups attached to an aromatic ring is 1. The fourth-order valence-corrected chi connectivity index (χ4v) is 2.71. The molecule has 1 aromatic carbocycles. The van der Waals surface area contributed by atoms with Crippen LogP contribution in [0, 0.1) is 0 Å². The molecule has 102 valence electrons. The predicted octanol–water partition coefficient (Wildman–Crippen LogP) is 0.999. The Labute approximate surface area is 114 Å². The number of nitrogens with zero attached hydrogens (tertiary/aromatic N) is 2. The van der Waals surface area contributed by atoms with Crippen molar-refractivity contribution in [1.82, 2.24) is 14.8 Å². The molecule has 0 spiro atoms. The molecule has 4 N–H and O–H groups in total. The van der Waals surface area contributed by atoms with E-state index in [1.165, 1.54) is 16.3 Å². The van der Waals surface area contributed by atoms with Crippen LogP contribution in [0.1, 0.15) is 18.6 Å². The number of hydrogen-bond donors (Lipinski definition) is 3. The maximum Gasteiger partial charge on any atom is 0.343 e. The molecule has 19 heavy (non-hydrogen) atoms. The Morgan fingerprint density at radius 1 is 1.53 bits per heavy atom. The normalized spacial score (nSPS) is 12.5. The van der Waals surface area contributed by atoms with Crippen LogP contribution < -0.4 is 11.4 Å². The highest BCUT2D eigenvalue weighted by Crippen LogP contribution is 2.25. The van der Waals surface area contributed by atoms with Gasteiger partial charge in [-0.3, -0.25) is 4.57 Å². The van der Waals surface area contributed by atoms with E-state index in [0.29, 0.717) is 28.7 Å². The van der Waals surface area contributed by atoms with Gasteiger partial charge in [-0.1, -0.05) is 30.0 Å². The summed E-state index contributed by atoms with van der Waals surface area (Å²) in [4.78, 5) is 11.4. The topological polar surface area (TPSA) is 96.9 Å². The quantitative estimate of drug-likeness (QED) is 0.561. The van der Waals surface area contributed by atoms with Crippen molar-refractivity contribution in [1.29, 1.82) is 0 Å². The van der Waals surface area contributed by atoms with Gasteiger partial charge in [0, 0.05) is 23.5 Å². The summed E-state index contributed by atoms with van der Waals surface area (Å²) in [6.45, 7) is 2.41. The van der Waals surface area contributed by atoms with Gasteiger partial charge < -0.3 is 10.8 Å². The van der Waals surface area contributed by atoms with Crippen LogP contribution in [-0.2, 0) is 6.54 Å². The Morgan fingerprint density at radius 2 is 2.26 bits per heavy atom. The van der Waals surface area contributed by atoms with E-state index in [9.17, 15) is 9.90 Å². The van der Waals surface area contributed by atoms with Gasteiger partial charge in [0.2, 0.25) is 0 Å². The minimum atomic E-state index is -0.691. The molecule has 0 saturated heterocycles. The van der Waals surface area contributed by atoms with E-state index in [1.807, 2.05) is 19.1 Å². The van der Waals surface area contributed by atoms with Gasteiger partial charge in [-0.15, -0.1) is 5.10 Å². The summed E-state index contributed by atoms with van der Waals surface area (Å²) in [6.07, 6.45) is -0.691. The van der Waals surface area contributed by atoms with E-state index >= 15 is 0 Å². The Hall–Kier alpha value is -1.73. The number of H-pyrrole nitrogens is 1. The van der Waals surface area contributed by atoms with E-state index in [4.69, 9.17) is 5.73 Å². The molecule has 0 aliphatic heterocycles. The van der Waals surface area contributed by atoms with E-state index in [0.717, 1.165) is 0 Å². The van der Waals surface area contributed by atoms with Gasteiger partial charge >= 0.3 is 5.69 Å². The lowest BCUT2D eigenvalue weighted by atomic mass is 10.1. The smallest absolute Gasteiger partial charge is 0.343 e. The summed E-state index contributed by atoms with van der Waals surface area (Å²) in [5.41, 5.74) is 6.82. The first kappa shape index (κ1) is 13.7. The van der Waals surface area contributed by atoms with Crippen molar-refractivity contribution in [3.63, 3.8) is 0 Å². The van der Waals surface area contributed by atoms with Gasteiger partial charge in [-0.05, 0) is 13.0 Å². The molecule has 2 rings (SSSR count). The number of para-hydroxylation sites is 1. The van der Waals surface area contributed by atoms with E-state index in [-0.39, 0.29) is 5.69 Å². The minimum absolute atomic E-state index is 0.237. The average Bonchev–Trinajstić information content (AvgIpc) is 2.77. The molecular formula is C12H16N4O2S. The number of anilines is 1. The molecule has 1 unspecified atom stereocenters. The largest absolute Gasteiger partial charge is 0.398 e. The zero-order chi connectivity index (χ0) is 13.8. The van der Waals surface area contributed by atoms with Gasteiger partial charge in [0.15, 0.2) is 5.16 Å². The van der Waals surface area contributed by atoms with Gasteiger partial charge in [-0.25, -0.2) is 9.89 Å². The van der Waals surface area contributed by atoms with Crippen LogP contribution in [0.2, 0.25) is 0 Å². The number of benzene rings is 1. The third kappa shape index (κ3) is 2.99. The number of rotatable bonds is 5. The van der Waals surface area contributed by atoms with Gasteiger partial charge in [0.1, 0.15) is 0 Å². The molecule has 1 heterocycles. The number of hydrogen-bond acceptors (Lipinski definition) is 5. The molecule has 0 fully saturated rings. The number of aliphatic hydroxyl groups is 1. The molecule has 0 amide bonds. The number of thioether (sulfide) groups is 1. The number of aromatic amines is 1. The standard InChI is InChI=1S/C12H16N4O2S/c1-2-16-11(18)14-15-12(16)19-7-10(17)8-5-3-4-6-9(8)13/h3-6,10,17H,2,7,13H2,1H3,(H,14,18). The van der Waals surface area contributed by atoms with Crippen molar-refractivity contribution >= 4 is 17.4 Å². The second kappa shape index (κ2) is 5.94. The monoisotopic (exact) mass is 280 g/mol. The highest BCUT2D eigenvalue weighted by atomic mass is 32.2. The fraction of sp³-hybridized carbons (Fsp3) is 0.333. The van der Waals surface area contributed by atoms with Crippen molar-refractivity contribution in [3.05, 3.63) is 40.3 Å². The average molecular weight is 280 g/mol. The van der Waals surface area contributed by atoms with Crippen LogP contribution in [0.3, 0.4) is 0 Å². The Kier molecular flexibility index (Phi) is 4.28. The summed E-state index contributed by atoms with van der Waals surface area (Å²) < 4.78 is 1.52. The van der Waals surface area contributed by atoms with Crippen LogP contribution in [0.5, 0.6) is 0 Å². The lowest BCUT2D eigenvalue weighted by Crippen LogP contribution is -2.16. The summed E-state index contributed by atoms with van der Waals surface area (Å²) >= 11 is 1.32. The Bertz CT molecular complexity index is 608. The van der Waals surface area contributed by atoms with E-state index in [2.05, 4.69) is 10.2 Å². The van der Waals surface area contributed by atoms with Crippen molar-refractivity contribution in [2.24, 2.45) is 0 Å². The van der Waals surface area contributed by atoms with Crippen LogP contribution in [0.15, 0.2) is 34.2 Å². The van der Waals surface area contributed by atoms with E-state index in [1.54, 1.807) is 12.1 Å². The van der Waals surface area contributed by atoms with Gasteiger partial charge in [0.25, 0.3) is 0 Å². The lowest BCUT2D eigenvalue weighted by molar-refractivity contribution is 0.205. The van der Waals surface area contributed by atoms with Crippen molar-refractivity contribution in [3.8, 4) is 0 Å². The summed E-state index contributed by atoms with van der Waals surface area (Å²) in [7, 11) is 0. The van der Waals surface area contributed by atoms with Gasteiger partial charge in [-0.2, -0.15) is 0 Å². The molecule has 0 aliphatic rings. The summed E-state index contributed by atoms with van der Waals surface area (Å²) in [5, 5.41) is 17.0. The molecule has 0 bridgehead atoms. The third-order valence-corrected chi connectivity index (χ3v) is 3.82. The maximum absolute atomic E-state index is 11.4. The van der Waals surface area contributed by atoms with Crippen molar-refractivity contribution in [2.75, 3.05) is 11.5 Å². The minimum Gasteiger partial charge on any atom is -0.398 e. The van der Waals surface area contributed by atoms with Crippen LogP contribution >= 0.6 is 11.8 Å². The second-order valence-electron chi connectivity index (χ2n) is 4.01. The van der Waals surface area contributed by atoms with Gasteiger partial charge in [0.05, 0.1) is 6.10 Å². The van der Waals surface area contributed by atoms with Crippen LogP contribution in [0.25, 0.3) is 0 Å². The fourth-order valence-electron chi connectivity index (χ4n) is 1.75. The highest BCUT2D eigenvalue weighted by Gasteiger charge is 2.14. The first-order chi connectivity index (χ1) is 9.13. The Balaban J connectivity index is 2.06. The molecule has 1 aromatic heterocycles. The maximum atomic E-state index is 11.4. The SMILES string of the molecule is CCn1c(SCC(O)c2ccccc2N)n[nH]c1=O. The van der Waals surface area contributed by atoms with Crippen molar-refractivity contribution < 1.29 is 5.11 Å². The second-order valence-corrected chi connectivity index (χ2v) is 5.00. The molecule has 0 radical (unpaired) electrons. The summed E-state index contributed by atoms with van der Waals surface area (Å²) in [6, 6.07) is 7.19. The van der Waals surface area contributed by atoms with E-state index < -0.39 is 6.10 Å². The first-order valence-corrected chi connectivity index (χ1v) is 6.92. The predicted molar refractivity (Wildman–Crippen MR) is 75.1 cm³/mol. The zero-order valence-corrected chi connectivity index (χ0v) is 11.4. The number of nitrogens with one attached hydrogen (secondary N) is 1. The summed E-state index contributed by atoms with van der Waals surface area (Å²) in [5.74, 6) is 0.387. The molecule has 0 saturated carbocycles. The first-order valence-electron chi connectivity index (χ1n) is 5.94.